The molecule has 0 fully saturated rings. The molecule has 0 aliphatic carbocycles. The predicted octanol–water partition coefficient (Wildman–Crippen LogP) is 2.70. The van der Waals surface area contributed by atoms with Gasteiger partial charge in [0.1, 0.15) is 29.3 Å². The summed E-state index contributed by atoms with van der Waals surface area (Å²) in [7, 11) is 2.71. The zero-order valence-corrected chi connectivity index (χ0v) is 17.1. The maximum Gasteiger partial charge on any atom is 0.341 e. The second-order valence-corrected chi connectivity index (χ2v) is 7.60. The van der Waals surface area contributed by atoms with Crippen LogP contribution in [0.5, 0.6) is 0 Å². The van der Waals surface area contributed by atoms with Gasteiger partial charge in [0.25, 0.3) is 0 Å². The number of esters is 2. The molecule has 0 amide bonds. The molecular formula is C22H26O7. The zero-order valence-electron chi connectivity index (χ0n) is 17.1. The van der Waals surface area contributed by atoms with Gasteiger partial charge in [-0.15, -0.1) is 0 Å². The monoisotopic (exact) mass is 402 g/mol. The number of methoxy groups -OCH3 is 2. The van der Waals surface area contributed by atoms with Crippen LogP contribution in [-0.2, 0) is 25.4 Å². The lowest BCUT2D eigenvalue weighted by atomic mass is 9.84. The van der Waals surface area contributed by atoms with Crippen molar-refractivity contribution >= 4 is 11.9 Å². The fourth-order valence-electron chi connectivity index (χ4n) is 4.02. The Bertz CT molecular complexity index is 891. The molecule has 29 heavy (non-hydrogen) atoms. The van der Waals surface area contributed by atoms with Crippen molar-refractivity contribution in [1.82, 2.24) is 0 Å². The van der Waals surface area contributed by atoms with E-state index < -0.39 is 42.1 Å². The molecule has 2 aliphatic heterocycles. The summed E-state index contributed by atoms with van der Waals surface area (Å²) in [5.74, 6) is -1.33. The Kier molecular flexibility index (Phi) is 5.82. The molecule has 0 saturated carbocycles. The van der Waals surface area contributed by atoms with Crippen LogP contribution in [0.4, 0.5) is 0 Å². The third-order valence-corrected chi connectivity index (χ3v) is 5.54. The third kappa shape index (κ3) is 3.68. The lowest BCUT2D eigenvalue weighted by molar-refractivity contribution is -0.142. The van der Waals surface area contributed by atoms with E-state index >= 15 is 0 Å². The molecule has 1 aromatic heterocycles. The first-order valence-corrected chi connectivity index (χ1v) is 9.34. The first kappa shape index (κ1) is 21.1. The van der Waals surface area contributed by atoms with Gasteiger partial charge in [0.15, 0.2) is 0 Å². The third-order valence-electron chi connectivity index (χ3n) is 5.54. The molecule has 3 rings (SSSR count). The quantitative estimate of drug-likeness (QED) is 0.611. The van der Waals surface area contributed by atoms with Gasteiger partial charge < -0.3 is 23.7 Å². The molecule has 5 unspecified atom stereocenters. The fourth-order valence-corrected chi connectivity index (χ4v) is 4.02. The summed E-state index contributed by atoms with van der Waals surface area (Å²) < 4.78 is 22.0. The number of hydrogen-bond acceptors (Lipinski definition) is 7. The number of hydrogen-bond donors (Lipinski definition) is 1. The van der Waals surface area contributed by atoms with Crippen molar-refractivity contribution in [3.8, 4) is 0 Å². The molecule has 0 spiro atoms. The van der Waals surface area contributed by atoms with Gasteiger partial charge in [0, 0.05) is 19.4 Å². The Morgan fingerprint density at radius 1 is 1.24 bits per heavy atom. The van der Waals surface area contributed by atoms with Gasteiger partial charge in [-0.25, -0.2) is 9.59 Å². The van der Waals surface area contributed by atoms with Crippen molar-refractivity contribution in [1.29, 1.82) is 0 Å². The van der Waals surface area contributed by atoms with E-state index in [1.165, 1.54) is 14.2 Å². The summed E-state index contributed by atoms with van der Waals surface area (Å²) in [6.45, 7) is 11.5. The minimum atomic E-state index is -1.10. The van der Waals surface area contributed by atoms with Crippen LogP contribution in [0, 0.1) is 5.92 Å². The molecule has 0 aromatic carbocycles. The Morgan fingerprint density at radius 2 is 1.93 bits per heavy atom. The molecule has 7 heteroatoms. The number of ether oxygens (including phenoxy) is 3. The van der Waals surface area contributed by atoms with E-state index in [0.717, 1.165) is 0 Å². The molecule has 5 atom stereocenters. The molecule has 7 nitrogen and oxygen atoms in total. The van der Waals surface area contributed by atoms with E-state index in [1.54, 1.807) is 26.0 Å². The average Bonchev–Trinajstić information content (AvgIpc) is 3.22. The summed E-state index contributed by atoms with van der Waals surface area (Å²) in [5.41, 5.74) is 1.87. The topological polar surface area (TPSA) is 95.2 Å². The number of fused-ring (bicyclic) bond motifs is 3. The van der Waals surface area contributed by atoms with Crippen molar-refractivity contribution in [2.75, 3.05) is 14.2 Å². The predicted molar refractivity (Wildman–Crippen MR) is 104 cm³/mol. The first-order valence-electron chi connectivity index (χ1n) is 9.34. The molecule has 1 N–H and O–H groups in total. The largest absolute Gasteiger partial charge is 0.465 e. The normalized spacial score (nSPS) is 28.8. The second-order valence-electron chi connectivity index (χ2n) is 7.60. The lowest BCUT2D eigenvalue weighted by Gasteiger charge is -2.29. The number of carbonyl (C=O) groups is 2. The minimum Gasteiger partial charge on any atom is -0.465 e. The van der Waals surface area contributed by atoms with Crippen LogP contribution >= 0.6 is 0 Å². The standard InChI is InChI=1S/C22H26O7/c1-10(2)12-7-15-13(21(24)27-6)8-16(28-15)18(11(3)4)17-9-14(22(25)29-17)20(26-5)19(12)23/h8-9,12,17-20,23H,1,3,7H2,2,4-6H3. The molecule has 0 radical (unpaired) electrons. The van der Waals surface area contributed by atoms with E-state index in [1.807, 2.05) is 0 Å². The Hall–Kier alpha value is -2.64. The minimum absolute atomic E-state index is 0.191. The molecular weight excluding hydrogens is 376 g/mol. The summed E-state index contributed by atoms with van der Waals surface area (Å²) in [6, 6.07) is 1.59. The summed E-state index contributed by atoms with van der Waals surface area (Å²) in [5, 5.41) is 11.1. The molecule has 156 valence electrons. The Morgan fingerprint density at radius 3 is 2.48 bits per heavy atom. The van der Waals surface area contributed by atoms with Gasteiger partial charge in [-0.05, 0) is 26.0 Å². The van der Waals surface area contributed by atoms with E-state index in [0.29, 0.717) is 22.7 Å². The molecule has 2 aliphatic rings. The highest BCUT2D eigenvalue weighted by molar-refractivity contribution is 5.93. The maximum absolute atomic E-state index is 12.6. The van der Waals surface area contributed by atoms with E-state index in [9.17, 15) is 14.7 Å². The van der Waals surface area contributed by atoms with E-state index in [2.05, 4.69) is 13.2 Å². The van der Waals surface area contributed by atoms with Crippen LogP contribution in [0.3, 0.4) is 0 Å². The zero-order chi connectivity index (χ0) is 21.5. The van der Waals surface area contributed by atoms with Crippen LogP contribution in [0.1, 0.15) is 41.6 Å². The van der Waals surface area contributed by atoms with E-state index in [-0.39, 0.29) is 17.6 Å². The highest BCUT2D eigenvalue weighted by Crippen LogP contribution is 2.40. The fraction of sp³-hybridized carbons (Fsp3) is 0.455. The highest BCUT2D eigenvalue weighted by atomic mass is 16.6. The van der Waals surface area contributed by atoms with Gasteiger partial charge in [-0.1, -0.05) is 24.3 Å². The van der Waals surface area contributed by atoms with Crippen LogP contribution in [0.25, 0.3) is 0 Å². The number of aliphatic hydroxyl groups excluding tert-OH is 1. The number of aliphatic hydroxyl groups is 1. The van der Waals surface area contributed by atoms with Gasteiger partial charge >= 0.3 is 11.9 Å². The van der Waals surface area contributed by atoms with Gasteiger partial charge in [0.05, 0.1) is 24.7 Å². The number of furan rings is 1. The maximum atomic E-state index is 12.6. The average molecular weight is 402 g/mol. The van der Waals surface area contributed by atoms with Crippen LogP contribution in [0.15, 0.2) is 46.4 Å². The van der Waals surface area contributed by atoms with Crippen LogP contribution in [-0.4, -0.2) is 49.6 Å². The van der Waals surface area contributed by atoms with Crippen molar-refractivity contribution in [3.63, 3.8) is 0 Å². The van der Waals surface area contributed by atoms with Crippen molar-refractivity contribution in [3.05, 3.63) is 59.1 Å². The van der Waals surface area contributed by atoms with Gasteiger partial charge in [-0.2, -0.15) is 0 Å². The first-order chi connectivity index (χ1) is 13.7. The van der Waals surface area contributed by atoms with Crippen molar-refractivity contribution < 1.29 is 33.3 Å². The van der Waals surface area contributed by atoms with Crippen LogP contribution < -0.4 is 0 Å². The summed E-state index contributed by atoms with van der Waals surface area (Å²) in [4.78, 5) is 24.9. The SMILES string of the molecule is C=C(C)C1Cc2oc(cc2C(=O)OC)C(C(=C)C)C2C=C(C(=O)O2)C(OC)C1O. The van der Waals surface area contributed by atoms with Crippen molar-refractivity contribution in [2.45, 2.75) is 44.5 Å². The summed E-state index contributed by atoms with van der Waals surface area (Å²) in [6.07, 6.45) is -0.870. The smallest absolute Gasteiger partial charge is 0.341 e. The molecule has 1 aromatic rings. The second kappa shape index (κ2) is 8.00. The van der Waals surface area contributed by atoms with E-state index in [4.69, 9.17) is 18.6 Å². The van der Waals surface area contributed by atoms with Crippen LogP contribution in [0.2, 0.25) is 0 Å². The lowest BCUT2D eigenvalue weighted by Crippen LogP contribution is -2.39. The Balaban J connectivity index is 2.24. The van der Waals surface area contributed by atoms with Gasteiger partial charge in [0.2, 0.25) is 0 Å². The molecule has 3 heterocycles. The molecule has 0 saturated heterocycles. The molecule has 4 bridgehead atoms. The summed E-state index contributed by atoms with van der Waals surface area (Å²) >= 11 is 0. The Labute approximate surface area is 169 Å². The highest BCUT2D eigenvalue weighted by Gasteiger charge is 2.43. The van der Waals surface area contributed by atoms with Gasteiger partial charge in [-0.3, -0.25) is 0 Å². The number of rotatable bonds is 4. The van der Waals surface area contributed by atoms with Crippen molar-refractivity contribution in [2.24, 2.45) is 5.92 Å². The number of carbonyl (C=O) groups excluding carboxylic acids is 2.